The predicted octanol–water partition coefficient (Wildman–Crippen LogP) is -0.323. The number of benzene rings is 1. The summed E-state index contributed by atoms with van der Waals surface area (Å²) < 4.78 is 12.9. The zero-order valence-corrected chi connectivity index (χ0v) is 11.7. The minimum absolute atomic E-state index is 0.142. The van der Waals surface area contributed by atoms with Crippen molar-refractivity contribution in [3.05, 3.63) is 30.1 Å². The Bertz CT molecular complexity index is 512. The van der Waals surface area contributed by atoms with Crippen molar-refractivity contribution in [2.24, 2.45) is 11.5 Å². The van der Waals surface area contributed by atoms with Crippen LogP contribution in [0.2, 0.25) is 0 Å². The number of primary amides is 1. The highest BCUT2D eigenvalue weighted by molar-refractivity contribution is 5.87. The third kappa shape index (κ3) is 3.91. The van der Waals surface area contributed by atoms with Gasteiger partial charge in [0.15, 0.2) is 0 Å². The van der Waals surface area contributed by atoms with Crippen LogP contribution in [0.15, 0.2) is 24.3 Å². The van der Waals surface area contributed by atoms with Gasteiger partial charge in [-0.1, -0.05) is 0 Å². The first kappa shape index (κ1) is 15.2. The van der Waals surface area contributed by atoms with Gasteiger partial charge in [0.25, 0.3) is 0 Å². The van der Waals surface area contributed by atoms with Gasteiger partial charge in [-0.25, -0.2) is 4.39 Å². The first-order valence-corrected chi connectivity index (χ1v) is 6.80. The summed E-state index contributed by atoms with van der Waals surface area (Å²) in [5.41, 5.74) is 11.6. The van der Waals surface area contributed by atoms with E-state index in [1.54, 1.807) is 17.0 Å². The third-order valence-electron chi connectivity index (χ3n) is 3.52. The highest BCUT2D eigenvalue weighted by Crippen LogP contribution is 2.17. The minimum atomic E-state index is -0.875. The molecule has 0 radical (unpaired) electrons. The number of rotatable bonds is 4. The van der Waals surface area contributed by atoms with Crippen molar-refractivity contribution in [2.75, 3.05) is 31.1 Å². The van der Waals surface area contributed by atoms with Crippen LogP contribution >= 0.6 is 0 Å². The molecule has 1 aliphatic rings. The summed E-state index contributed by atoms with van der Waals surface area (Å²) >= 11 is 0. The van der Waals surface area contributed by atoms with Gasteiger partial charge in [0.2, 0.25) is 11.8 Å². The molecule has 1 aliphatic heterocycles. The molecule has 0 bridgehead atoms. The zero-order chi connectivity index (χ0) is 15.4. The zero-order valence-electron chi connectivity index (χ0n) is 11.7. The quantitative estimate of drug-likeness (QED) is 0.796. The van der Waals surface area contributed by atoms with Crippen LogP contribution in [0, 0.1) is 5.82 Å². The Morgan fingerprint density at radius 2 is 1.71 bits per heavy atom. The molecule has 6 nitrogen and oxygen atoms in total. The largest absolute Gasteiger partial charge is 0.370 e. The Morgan fingerprint density at radius 3 is 2.24 bits per heavy atom. The number of amides is 2. The number of halogens is 1. The fourth-order valence-corrected chi connectivity index (χ4v) is 2.38. The molecule has 1 aromatic rings. The van der Waals surface area contributed by atoms with Crippen LogP contribution in [0.25, 0.3) is 0 Å². The lowest BCUT2D eigenvalue weighted by molar-refractivity contribution is -0.134. The Morgan fingerprint density at radius 1 is 1.14 bits per heavy atom. The summed E-state index contributed by atoms with van der Waals surface area (Å²) in [6, 6.07) is 5.38. The van der Waals surface area contributed by atoms with E-state index in [0.29, 0.717) is 26.2 Å². The molecule has 0 aliphatic carbocycles. The lowest BCUT2D eigenvalue weighted by atomic mass is 10.1. The molecule has 0 aromatic heterocycles. The maximum absolute atomic E-state index is 12.9. The molecular weight excluding hydrogens is 275 g/mol. The predicted molar refractivity (Wildman–Crippen MR) is 77.0 cm³/mol. The van der Waals surface area contributed by atoms with Gasteiger partial charge in [-0.05, 0) is 24.3 Å². The summed E-state index contributed by atoms with van der Waals surface area (Å²) in [6.07, 6.45) is -0.142. The van der Waals surface area contributed by atoms with E-state index in [2.05, 4.69) is 4.90 Å². The van der Waals surface area contributed by atoms with Gasteiger partial charge in [0.1, 0.15) is 5.82 Å². The van der Waals surface area contributed by atoms with E-state index in [-0.39, 0.29) is 18.1 Å². The van der Waals surface area contributed by atoms with Gasteiger partial charge in [-0.2, -0.15) is 0 Å². The second-order valence-corrected chi connectivity index (χ2v) is 5.07. The number of piperazine rings is 1. The lowest BCUT2D eigenvalue weighted by Gasteiger charge is -2.37. The molecule has 2 amide bonds. The number of nitrogens with zero attached hydrogens (tertiary/aromatic N) is 2. The third-order valence-corrected chi connectivity index (χ3v) is 3.52. The SMILES string of the molecule is NC(=O)CC(N)C(=O)N1CCN(c2ccc(F)cc2)CC1. The maximum atomic E-state index is 12.9. The molecule has 114 valence electrons. The second kappa shape index (κ2) is 6.53. The number of carbonyl (C=O) groups excluding carboxylic acids is 2. The molecule has 7 heteroatoms. The van der Waals surface area contributed by atoms with Crippen molar-refractivity contribution in [2.45, 2.75) is 12.5 Å². The van der Waals surface area contributed by atoms with Crippen molar-refractivity contribution in [3.8, 4) is 0 Å². The van der Waals surface area contributed by atoms with Crippen molar-refractivity contribution in [1.29, 1.82) is 0 Å². The molecular formula is C14H19FN4O2. The fraction of sp³-hybridized carbons (Fsp3) is 0.429. The first-order chi connectivity index (χ1) is 9.97. The normalized spacial score (nSPS) is 16.7. The molecule has 1 saturated heterocycles. The van der Waals surface area contributed by atoms with Crippen LogP contribution in [0.1, 0.15) is 6.42 Å². The second-order valence-electron chi connectivity index (χ2n) is 5.07. The van der Waals surface area contributed by atoms with Crippen molar-refractivity contribution >= 4 is 17.5 Å². The van der Waals surface area contributed by atoms with E-state index in [4.69, 9.17) is 11.5 Å². The molecule has 1 aromatic carbocycles. The van der Waals surface area contributed by atoms with Gasteiger partial charge >= 0.3 is 0 Å². The molecule has 1 fully saturated rings. The smallest absolute Gasteiger partial charge is 0.240 e. The highest BCUT2D eigenvalue weighted by atomic mass is 19.1. The van der Waals surface area contributed by atoms with E-state index < -0.39 is 11.9 Å². The van der Waals surface area contributed by atoms with Crippen molar-refractivity contribution in [1.82, 2.24) is 4.90 Å². The van der Waals surface area contributed by atoms with Crippen LogP contribution in [-0.4, -0.2) is 48.9 Å². The van der Waals surface area contributed by atoms with Crippen LogP contribution in [0.4, 0.5) is 10.1 Å². The molecule has 1 heterocycles. The van der Waals surface area contributed by atoms with Gasteiger partial charge in [-0.15, -0.1) is 0 Å². The Hall–Kier alpha value is -2.15. The maximum Gasteiger partial charge on any atom is 0.240 e. The van der Waals surface area contributed by atoms with E-state index in [1.807, 2.05) is 0 Å². The average Bonchev–Trinajstić information content (AvgIpc) is 2.47. The Balaban J connectivity index is 1.89. The summed E-state index contributed by atoms with van der Waals surface area (Å²) in [5, 5.41) is 0. The van der Waals surface area contributed by atoms with Gasteiger partial charge in [0, 0.05) is 31.9 Å². The van der Waals surface area contributed by atoms with E-state index in [9.17, 15) is 14.0 Å². The van der Waals surface area contributed by atoms with Gasteiger partial charge in [-0.3, -0.25) is 9.59 Å². The molecule has 1 unspecified atom stereocenters. The van der Waals surface area contributed by atoms with Crippen LogP contribution < -0.4 is 16.4 Å². The number of carbonyl (C=O) groups is 2. The molecule has 4 N–H and O–H groups in total. The first-order valence-electron chi connectivity index (χ1n) is 6.80. The lowest BCUT2D eigenvalue weighted by Crippen LogP contribution is -2.53. The summed E-state index contributed by atoms with van der Waals surface area (Å²) in [5.74, 6) is -1.11. The topological polar surface area (TPSA) is 92.7 Å². The molecule has 2 rings (SSSR count). The summed E-state index contributed by atoms with van der Waals surface area (Å²) in [4.78, 5) is 26.5. The standard InChI is InChI=1S/C14H19FN4O2/c15-10-1-3-11(4-2-10)18-5-7-19(8-6-18)14(21)12(16)9-13(17)20/h1-4,12H,5-9,16H2,(H2,17,20). The number of hydrogen-bond acceptors (Lipinski definition) is 4. The molecule has 21 heavy (non-hydrogen) atoms. The Labute approximate surface area is 122 Å². The van der Waals surface area contributed by atoms with Gasteiger partial charge in [0.05, 0.1) is 12.5 Å². The number of nitrogens with two attached hydrogens (primary N) is 2. The van der Waals surface area contributed by atoms with Crippen molar-refractivity contribution < 1.29 is 14.0 Å². The summed E-state index contributed by atoms with van der Waals surface area (Å²) in [6.45, 7) is 2.31. The monoisotopic (exact) mass is 294 g/mol. The average molecular weight is 294 g/mol. The molecule has 0 spiro atoms. The van der Waals surface area contributed by atoms with Crippen molar-refractivity contribution in [3.63, 3.8) is 0 Å². The summed E-state index contributed by atoms with van der Waals surface area (Å²) in [7, 11) is 0. The number of hydrogen-bond donors (Lipinski definition) is 2. The van der Waals surface area contributed by atoms with Gasteiger partial charge < -0.3 is 21.3 Å². The van der Waals surface area contributed by atoms with Crippen LogP contribution in [-0.2, 0) is 9.59 Å². The fourth-order valence-electron chi connectivity index (χ4n) is 2.38. The van der Waals surface area contributed by atoms with E-state index in [1.165, 1.54) is 12.1 Å². The van der Waals surface area contributed by atoms with Crippen LogP contribution in [0.5, 0.6) is 0 Å². The van der Waals surface area contributed by atoms with E-state index >= 15 is 0 Å². The molecule has 1 atom stereocenters. The van der Waals surface area contributed by atoms with E-state index in [0.717, 1.165) is 5.69 Å². The molecule has 0 saturated carbocycles. The minimum Gasteiger partial charge on any atom is -0.370 e. The number of anilines is 1. The van der Waals surface area contributed by atoms with Crippen LogP contribution in [0.3, 0.4) is 0 Å². The Kier molecular flexibility index (Phi) is 4.74. The highest BCUT2D eigenvalue weighted by Gasteiger charge is 2.26.